The highest BCUT2D eigenvalue weighted by Gasteiger charge is 2.28. The van der Waals surface area contributed by atoms with E-state index in [1.807, 2.05) is 6.92 Å². The molecule has 2 aromatic carbocycles. The lowest BCUT2D eigenvalue weighted by atomic mass is 10.1. The molecule has 7 heteroatoms. The fourth-order valence-corrected chi connectivity index (χ4v) is 4.57. The standard InChI is InChI=1S/C20H23FN2O3S/c1-15-4-8-18(9-5-15)27(25,26)23-11-3-10-22(12-13-23)20(24)17-7-6-16(2)19(21)14-17/h4-9,14H,3,10-13H2,1-2H3. The Bertz CT molecular complexity index is 942. The summed E-state index contributed by atoms with van der Waals surface area (Å²) in [5, 5.41) is 0. The summed E-state index contributed by atoms with van der Waals surface area (Å²) in [7, 11) is -3.59. The first-order chi connectivity index (χ1) is 12.8. The summed E-state index contributed by atoms with van der Waals surface area (Å²) in [4.78, 5) is 14.5. The largest absolute Gasteiger partial charge is 0.337 e. The molecular formula is C20H23FN2O3S. The molecule has 0 spiro atoms. The van der Waals surface area contributed by atoms with Crippen molar-refractivity contribution >= 4 is 15.9 Å². The van der Waals surface area contributed by atoms with Crippen LogP contribution in [0.4, 0.5) is 4.39 Å². The van der Waals surface area contributed by atoms with Gasteiger partial charge < -0.3 is 4.90 Å². The van der Waals surface area contributed by atoms with Crippen LogP contribution in [-0.2, 0) is 10.0 Å². The second-order valence-corrected chi connectivity index (χ2v) is 8.76. The zero-order valence-corrected chi connectivity index (χ0v) is 16.3. The van der Waals surface area contributed by atoms with Crippen LogP contribution in [0.3, 0.4) is 0 Å². The molecule has 1 heterocycles. The molecule has 3 rings (SSSR count). The van der Waals surface area contributed by atoms with Gasteiger partial charge in [-0.1, -0.05) is 23.8 Å². The second kappa shape index (κ2) is 7.78. The SMILES string of the molecule is Cc1ccc(S(=O)(=O)N2CCCN(C(=O)c3ccc(C)c(F)c3)CC2)cc1. The maximum Gasteiger partial charge on any atom is 0.254 e. The predicted molar refractivity (Wildman–Crippen MR) is 102 cm³/mol. The maximum absolute atomic E-state index is 13.8. The van der Waals surface area contributed by atoms with Gasteiger partial charge in [-0.2, -0.15) is 4.31 Å². The summed E-state index contributed by atoms with van der Waals surface area (Å²) in [6.45, 7) is 4.83. The smallest absolute Gasteiger partial charge is 0.254 e. The minimum atomic E-state index is -3.59. The van der Waals surface area contributed by atoms with Gasteiger partial charge in [0.15, 0.2) is 0 Å². The number of nitrogens with zero attached hydrogens (tertiary/aromatic N) is 2. The summed E-state index contributed by atoms with van der Waals surface area (Å²) >= 11 is 0. The van der Waals surface area contributed by atoms with Crippen molar-refractivity contribution in [1.82, 2.24) is 9.21 Å². The lowest BCUT2D eigenvalue weighted by molar-refractivity contribution is 0.0763. The van der Waals surface area contributed by atoms with Gasteiger partial charge in [0.25, 0.3) is 5.91 Å². The third-order valence-corrected chi connectivity index (χ3v) is 6.73. The molecule has 1 amide bonds. The zero-order valence-electron chi connectivity index (χ0n) is 15.5. The number of carbonyl (C=O) groups is 1. The highest BCUT2D eigenvalue weighted by atomic mass is 32.2. The van der Waals surface area contributed by atoms with Crippen LogP contribution in [-0.4, -0.2) is 49.7 Å². The van der Waals surface area contributed by atoms with Crippen LogP contribution < -0.4 is 0 Å². The summed E-state index contributed by atoms with van der Waals surface area (Å²) in [6.07, 6.45) is 0.533. The average Bonchev–Trinajstić information content (AvgIpc) is 2.90. The van der Waals surface area contributed by atoms with Crippen molar-refractivity contribution in [3.05, 3.63) is 65.0 Å². The van der Waals surface area contributed by atoms with Gasteiger partial charge in [-0.05, 0) is 50.1 Å². The van der Waals surface area contributed by atoms with Crippen LogP contribution in [0.25, 0.3) is 0 Å². The molecular weight excluding hydrogens is 367 g/mol. The molecule has 0 saturated carbocycles. The Morgan fingerprint density at radius 2 is 1.67 bits per heavy atom. The molecule has 0 atom stereocenters. The Hall–Kier alpha value is -2.25. The van der Waals surface area contributed by atoms with E-state index in [0.29, 0.717) is 25.1 Å². The first kappa shape index (κ1) is 19.5. The molecule has 27 heavy (non-hydrogen) atoms. The number of halogens is 1. The minimum Gasteiger partial charge on any atom is -0.337 e. The summed E-state index contributed by atoms with van der Waals surface area (Å²) in [5.74, 6) is -0.692. The van der Waals surface area contributed by atoms with E-state index in [4.69, 9.17) is 0 Å². The molecule has 0 radical (unpaired) electrons. The van der Waals surface area contributed by atoms with Crippen LogP contribution >= 0.6 is 0 Å². The van der Waals surface area contributed by atoms with E-state index in [9.17, 15) is 17.6 Å². The van der Waals surface area contributed by atoms with Gasteiger partial charge in [0.2, 0.25) is 10.0 Å². The van der Waals surface area contributed by atoms with Crippen molar-refractivity contribution in [1.29, 1.82) is 0 Å². The van der Waals surface area contributed by atoms with Crippen LogP contribution in [0, 0.1) is 19.7 Å². The molecule has 144 valence electrons. The summed E-state index contributed by atoms with van der Waals surface area (Å²) in [5.41, 5.74) is 1.76. The number of hydrogen-bond donors (Lipinski definition) is 0. The van der Waals surface area contributed by atoms with E-state index in [2.05, 4.69) is 0 Å². The number of benzene rings is 2. The number of hydrogen-bond acceptors (Lipinski definition) is 3. The highest BCUT2D eigenvalue weighted by molar-refractivity contribution is 7.89. The molecule has 1 fully saturated rings. The van der Waals surface area contributed by atoms with Crippen LogP contribution in [0.15, 0.2) is 47.4 Å². The van der Waals surface area contributed by atoms with E-state index in [1.54, 1.807) is 48.2 Å². The zero-order chi connectivity index (χ0) is 19.6. The van der Waals surface area contributed by atoms with Crippen molar-refractivity contribution in [2.45, 2.75) is 25.2 Å². The van der Waals surface area contributed by atoms with Gasteiger partial charge in [-0.15, -0.1) is 0 Å². The van der Waals surface area contributed by atoms with E-state index < -0.39 is 15.8 Å². The number of rotatable bonds is 3. The van der Waals surface area contributed by atoms with Gasteiger partial charge in [0.05, 0.1) is 4.90 Å². The Morgan fingerprint density at radius 3 is 2.33 bits per heavy atom. The Kier molecular flexibility index (Phi) is 5.62. The van der Waals surface area contributed by atoms with Crippen molar-refractivity contribution in [3.63, 3.8) is 0 Å². The van der Waals surface area contributed by atoms with Gasteiger partial charge >= 0.3 is 0 Å². The molecule has 0 N–H and O–H groups in total. The summed E-state index contributed by atoms with van der Waals surface area (Å²) < 4.78 is 40.9. The van der Waals surface area contributed by atoms with Crippen molar-refractivity contribution in [2.75, 3.05) is 26.2 Å². The number of carbonyl (C=O) groups excluding carboxylic acids is 1. The molecule has 0 aromatic heterocycles. The second-order valence-electron chi connectivity index (χ2n) is 6.83. The van der Waals surface area contributed by atoms with E-state index in [-0.39, 0.29) is 29.5 Å². The first-order valence-electron chi connectivity index (χ1n) is 8.91. The molecule has 0 unspecified atom stereocenters. The normalized spacial score (nSPS) is 16.2. The predicted octanol–water partition coefficient (Wildman–Crippen LogP) is 2.98. The number of sulfonamides is 1. The lowest BCUT2D eigenvalue weighted by Crippen LogP contribution is -2.37. The van der Waals surface area contributed by atoms with Crippen molar-refractivity contribution in [2.24, 2.45) is 0 Å². The van der Waals surface area contributed by atoms with Crippen LogP contribution in [0.1, 0.15) is 27.9 Å². The Balaban J connectivity index is 1.74. The average molecular weight is 390 g/mol. The quantitative estimate of drug-likeness (QED) is 0.810. The molecule has 0 aliphatic carbocycles. The Labute approximate surface area is 159 Å². The monoisotopic (exact) mass is 390 g/mol. The molecule has 1 saturated heterocycles. The maximum atomic E-state index is 13.8. The Morgan fingerprint density at radius 1 is 0.963 bits per heavy atom. The van der Waals surface area contributed by atoms with Gasteiger partial charge in [-0.25, -0.2) is 12.8 Å². The number of amides is 1. The molecule has 5 nitrogen and oxygen atoms in total. The minimum absolute atomic E-state index is 0.219. The summed E-state index contributed by atoms with van der Waals surface area (Å²) in [6, 6.07) is 11.2. The van der Waals surface area contributed by atoms with Crippen molar-refractivity contribution in [3.8, 4) is 0 Å². The third-order valence-electron chi connectivity index (χ3n) is 4.82. The number of aryl methyl sites for hydroxylation is 2. The van der Waals surface area contributed by atoms with E-state index >= 15 is 0 Å². The highest BCUT2D eigenvalue weighted by Crippen LogP contribution is 2.19. The fourth-order valence-electron chi connectivity index (χ4n) is 3.10. The van der Waals surface area contributed by atoms with Gasteiger partial charge in [-0.3, -0.25) is 4.79 Å². The van der Waals surface area contributed by atoms with E-state index in [1.165, 1.54) is 10.4 Å². The van der Waals surface area contributed by atoms with E-state index in [0.717, 1.165) is 5.56 Å². The molecule has 0 bridgehead atoms. The fraction of sp³-hybridized carbons (Fsp3) is 0.350. The molecule has 2 aromatic rings. The van der Waals surface area contributed by atoms with Crippen LogP contribution in [0.5, 0.6) is 0 Å². The molecule has 1 aliphatic heterocycles. The third kappa shape index (κ3) is 4.20. The molecule has 1 aliphatic rings. The topological polar surface area (TPSA) is 57.7 Å². The lowest BCUT2D eigenvalue weighted by Gasteiger charge is -2.22. The first-order valence-corrected chi connectivity index (χ1v) is 10.4. The van der Waals surface area contributed by atoms with Crippen LogP contribution in [0.2, 0.25) is 0 Å². The van der Waals surface area contributed by atoms with Crippen molar-refractivity contribution < 1.29 is 17.6 Å². The van der Waals surface area contributed by atoms with Gasteiger partial charge in [0.1, 0.15) is 5.82 Å². The van der Waals surface area contributed by atoms with Gasteiger partial charge in [0, 0.05) is 31.7 Å².